The smallest absolute Gasteiger partial charge is 0.220 e. The molecular formula is C19H28FN3O. The van der Waals surface area contributed by atoms with Gasteiger partial charge in [0.25, 0.3) is 0 Å². The average Bonchev–Trinajstić information content (AvgIpc) is 2.87. The van der Waals surface area contributed by atoms with Crippen LogP contribution in [0.3, 0.4) is 0 Å². The lowest BCUT2D eigenvalue weighted by atomic mass is 9.89. The molecule has 0 saturated carbocycles. The lowest BCUT2D eigenvalue weighted by Gasteiger charge is -2.29. The molecule has 24 heavy (non-hydrogen) atoms. The van der Waals surface area contributed by atoms with E-state index in [1.165, 1.54) is 25.0 Å². The summed E-state index contributed by atoms with van der Waals surface area (Å²) in [6.07, 6.45) is 5.39. The van der Waals surface area contributed by atoms with E-state index in [0.717, 1.165) is 18.4 Å². The number of hydrogen-bond donors (Lipinski definition) is 2. The highest BCUT2D eigenvalue weighted by Crippen LogP contribution is 2.32. The molecule has 4 nitrogen and oxygen atoms in total. The van der Waals surface area contributed by atoms with Gasteiger partial charge in [0.2, 0.25) is 5.91 Å². The second kappa shape index (κ2) is 7.62. The lowest BCUT2D eigenvalue weighted by Crippen LogP contribution is -2.40. The fourth-order valence-electron chi connectivity index (χ4n) is 4.17. The first-order chi connectivity index (χ1) is 11.5. The van der Waals surface area contributed by atoms with Gasteiger partial charge in [-0.1, -0.05) is 12.1 Å². The lowest BCUT2D eigenvalue weighted by molar-refractivity contribution is -0.122. The molecule has 132 valence electrons. The van der Waals surface area contributed by atoms with E-state index < -0.39 is 0 Å². The van der Waals surface area contributed by atoms with Gasteiger partial charge in [0, 0.05) is 25.0 Å². The molecule has 0 aromatic heterocycles. The number of piperidine rings is 1. The Morgan fingerprint density at radius 1 is 1.25 bits per heavy atom. The number of benzene rings is 1. The van der Waals surface area contributed by atoms with Gasteiger partial charge in [-0.25, -0.2) is 4.39 Å². The molecule has 5 heteroatoms. The van der Waals surface area contributed by atoms with Crippen molar-refractivity contribution in [3.63, 3.8) is 0 Å². The normalized spacial score (nSPS) is 27.2. The molecule has 2 aliphatic rings. The van der Waals surface area contributed by atoms with Gasteiger partial charge in [-0.2, -0.15) is 0 Å². The minimum atomic E-state index is -0.235. The Balaban J connectivity index is 1.51. The summed E-state index contributed by atoms with van der Waals surface area (Å²) < 4.78 is 13.1. The Hall–Kier alpha value is -1.46. The number of halogens is 1. The van der Waals surface area contributed by atoms with Crippen LogP contribution in [0.5, 0.6) is 0 Å². The van der Waals surface area contributed by atoms with Crippen LogP contribution < -0.4 is 10.6 Å². The molecule has 2 bridgehead atoms. The number of nitrogens with one attached hydrogen (secondary N) is 2. The first kappa shape index (κ1) is 17.4. The molecule has 2 fully saturated rings. The van der Waals surface area contributed by atoms with Crippen molar-refractivity contribution in [1.29, 1.82) is 0 Å². The molecule has 0 spiro atoms. The summed E-state index contributed by atoms with van der Waals surface area (Å²) in [6, 6.07) is 7.81. The Labute approximate surface area is 143 Å². The SMILES string of the molecule is CN(C)C(CNC(=O)CC1CC2CCC(C1)N2)c1ccc(F)cc1. The van der Waals surface area contributed by atoms with Gasteiger partial charge in [0.1, 0.15) is 5.82 Å². The van der Waals surface area contributed by atoms with E-state index in [-0.39, 0.29) is 17.8 Å². The van der Waals surface area contributed by atoms with Crippen molar-refractivity contribution in [1.82, 2.24) is 15.5 Å². The standard InChI is InChI=1S/C19H28FN3O/c1-23(2)18(14-3-5-15(20)6-4-14)12-21-19(24)11-13-9-16-7-8-17(10-13)22-16/h3-6,13,16-18,22H,7-12H2,1-2H3,(H,21,24). The highest BCUT2D eigenvalue weighted by molar-refractivity contribution is 5.76. The van der Waals surface area contributed by atoms with Crippen molar-refractivity contribution in [2.45, 2.75) is 50.2 Å². The van der Waals surface area contributed by atoms with Crippen LogP contribution in [0.4, 0.5) is 4.39 Å². The molecule has 2 N–H and O–H groups in total. The van der Waals surface area contributed by atoms with Crippen LogP contribution in [0, 0.1) is 11.7 Å². The first-order valence-corrected chi connectivity index (χ1v) is 8.96. The van der Waals surface area contributed by atoms with Crippen molar-refractivity contribution in [2.24, 2.45) is 5.92 Å². The Kier molecular flexibility index (Phi) is 5.51. The van der Waals surface area contributed by atoms with Crippen molar-refractivity contribution in [3.8, 4) is 0 Å². The number of carbonyl (C=O) groups excluding carboxylic acids is 1. The largest absolute Gasteiger partial charge is 0.354 e. The maximum absolute atomic E-state index is 13.1. The number of amides is 1. The van der Waals surface area contributed by atoms with Crippen LogP contribution >= 0.6 is 0 Å². The summed E-state index contributed by atoms with van der Waals surface area (Å²) in [5.74, 6) is 0.406. The van der Waals surface area contributed by atoms with Crippen molar-refractivity contribution < 1.29 is 9.18 Å². The predicted octanol–water partition coefficient (Wildman–Crippen LogP) is 2.47. The minimum Gasteiger partial charge on any atom is -0.354 e. The number of rotatable bonds is 6. The molecule has 2 aliphatic heterocycles. The van der Waals surface area contributed by atoms with Gasteiger partial charge in [0.15, 0.2) is 0 Å². The quantitative estimate of drug-likeness (QED) is 0.840. The number of hydrogen-bond acceptors (Lipinski definition) is 3. The van der Waals surface area contributed by atoms with E-state index in [2.05, 4.69) is 15.5 Å². The predicted molar refractivity (Wildman–Crippen MR) is 93.1 cm³/mol. The van der Waals surface area contributed by atoms with Gasteiger partial charge >= 0.3 is 0 Å². The van der Waals surface area contributed by atoms with E-state index in [1.54, 1.807) is 12.1 Å². The molecule has 1 aromatic carbocycles. The third-order valence-corrected chi connectivity index (χ3v) is 5.42. The second-order valence-electron chi connectivity index (χ2n) is 7.51. The van der Waals surface area contributed by atoms with Crippen LogP contribution in [-0.4, -0.2) is 43.5 Å². The van der Waals surface area contributed by atoms with Crippen LogP contribution in [0.15, 0.2) is 24.3 Å². The summed E-state index contributed by atoms with van der Waals surface area (Å²) in [5, 5.41) is 6.70. The number of carbonyl (C=O) groups is 1. The Morgan fingerprint density at radius 3 is 2.46 bits per heavy atom. The molecule has 2 saturated heterocycles. The summed E-state index contributed by atoms with van der Waals surface area (Å²) >= 11 is 0. The molecule has 2 heterocycles. The van der Waals surface area contributed by atoms with E-state index in [4.69, 9.17) is 0 Å². The van der Waals surface area contributed by atoms with E-state index in [0.29, 0.717) is 31.0 Å². The van der Waals surface area contributed by atoms with Gasteiger partial charge < -0.3 is 15.5 Å². The molecule has 1 amide bonds. The summed E-state index contributed by atoms with van der Waals surface area (Å²) in [6.45, 7) is 0.551. The van der Waals surface area contributed by atoms with Crippen LogP contribution in [0.2, 0.25) is 0 Å². The molecule has 0 radical (unpaired) electrons. The molecule has 0 aliphatic carbocycles. The highest BCUT2D eigenvalue weighted by Gasteiger charge is 2.34. The molecule has 3 atom stereocenters. The van der Waals surface area contributed by atoms with Crippen molar-refractivity contribution in [2.75, 3.05) is 20.6 Å². The van der Waals surface area contributed by atoms with Gasteiger partial charge in [-0.3, -0.25) is 4.79 Å². The zero-order chi connectivity index (χ0) is 17.1. The first-order valence-electron chi connectivity index (χ1n) is 8.96. The molecule has 3 unspecified atom stereocenters. The minimum absolute atomic E-state index is 0.0544. The number of fused-ring (bicyclic) bond motifs is 2. The third kappa shape index (κ3) is 4.33. The molecule has 1 aromatic rings. The van der Waals surface area contributed by atoms with E-state index >= 15 is 0 Å². The third-order valence-electron chi connectivity index (χ3n) is 5.42. The number of likely N-dealkylation sites (N-methyl/N-ethyl adjacent to an activating group) is 1. The van der Waals surface area contributed by atoms with Crippen LogP contribution in [-0.2, 0) is 4.79 Å². The highest BCUT2D eigenvalue weighted by atomic mass is 19.1. The second-order valence-corrected chi connectivity index (χ2v) is 7.51. The van der Waals surface area contributed by atoms with Crippen molar-refractivity contribution in [3.05, 3.63) is 35.6 Å². The topological polar surface area (TPSA) is 44.4 Å². The maximum atomic E-state index is 13.1. The monoisotopic (exact) mass is 333 g/mol. The Bertz CT molecular complexity index is 548. The summed E-state index contributed by atoms with van der Waals surface area (Å²) in [7, 11) is 3.95. The van der Waals surface area contributed by atoms with Crippen molar-refractivity contribution >= 4 is 5.91 Å². The van der Waals surface area contributed by atoms with Crippen LogP contribution in [0.1, 0.15) is 43.7 Å². The maximum Gasteiger partial charge on any atom is 0.220 e. The molecular weight excluding hydrogens is 305 g/mol. The fraction of sp³-hybridized carbons (Fsp3) is 0.632. The fourth-order valence-corrected chi connectivity index (χ4v) is 4.17. The summed E-state index contributed by atoms with van der Waals surface area (Å²) in [5.41, 5.74) is 1.02. The van der Waals surface area contributed by atoms with Gasteiger partial charge in [-0.15, -0.1) is 0 Å². The zero-order valence-electron chi connectivity index (χ0n) is 14.6. The number of nitrogens with zero attached hydrogens (tertiary/aromatic N) is 1. The van der Waals surface area contributed by atoms with Gasteiger partial charge in [0.05, 0.1) is 6.04 Å². The van der Waals surface area contributed by atoms with E-state index in [1.807, 2.05) is 14.1 Å². The summed E-state index contributed by atoms with van der Waals surface area (Å²) in [4.78, 5) is 14.4. The van der Waals surface area contributed by atoms with Gasteiger partial charge in [-0.05, 0) is 63.4 Å². The Morgan fingerprint density at radius 2 is 1.88 bits per heavy atom. The zero-order valence-corrected chi connectivity index (χ0v) is 14.6. The average molecular weight is 333 g/mol. The van der Waals surface area contributed by atoms with E-state index in [9.17, 15) is 9.18 Å². The molecule has 3 rings (SSSR count). The van der Waals surface area contributed by atoms with Crippen LogP contribution in [0.25, 0.3) is 0 Å².